The molecule has 1 unspecified atom stereocenters. The summed E-state index contributed by atoms with van der Waals surface area (Å²) in [6.45, 7) is 0. The minimum atomic E-state index is -0.569. The predicted octanol–water partition coefficient (Wildman–Crippen LogP) is 4.90. The largest absolute Gasteiger partial charge is 0.449 e. The van der Waals surface area contributed by atoms with E-state index < -0.39 is 9.03 Å². The zero-order valence-electron chi connectivity index (χ0n) is 11.4. The van der Waals surface area contributed by atoms with E-state index in [1.54, 1.807) is 0 Å². The second kappa shape index (κ2) is 6.53. The Morgan fingerprint density at radius 2 is 1.29 bits per heavy atom. The van der Waals surface area contributed by atoms with Gasteiger partial charge in [-0.05, 0) is 22.8 Å². The maximum Gasteiger partial charge on any atom is 0.212 e. The van der Waals surface area contributed by atoms with Crippen LogP contribution in [0.25, 0.3) is 22.3 Å². The minimum Gasteiger partial charge on any atom is -0.449 e. The van der Waals surface area contributed by atoms with Gasteiger partial charge in [0.1, 0.15) is 5.75 Å². The average molecular weight is 294 g/mol. The van der Waals surface area contributed by atoms with Gasteiger partial charge in [-0.25, -0.2) is 0 Å². The van der Waals surface area contributed by atoms with Crippen LogP contribution in [-0.2, 0) is 0 Å². The molecule has 0 aliphatic heterocycles. The van der Waals surface area contributed by atoms with Crippen LogP contribution in [0.2, 0.25) is 0 Å². The maximum atomic E-state index is 9.16. The van der Waals surface area contributed by atoms with Crippen LogP contribution in [-0.4, -0.2) is 4.89 Å². The summed E-state index contributed by atoms with van der Waals surface area (Å²) in [4.78, 5) is 9.16. The van der Waals surface area contributed by atoms with Crippen LogP contribution in [0.4, 0.5) is 0 Å². The lowest BCUT2D eigenvalue weighted by molar-refractivity contribution is 0.515. The lowest BCUT2D eigenvalue weighted by Gasteiger charge is -2.15. The Morgan fingerprint density at radius 1 is 0.667 bits per heavy atom. The molecule has 0 heterocycles. The van der Waals surface area contributed by atoms with E-state index in [-0.39, 0.29) is 0 Å². The molecular weight excluding hydrogens is 279 g/mol. The zero-order chi connectivity index (χ0) is 14.5. The molecule has 0 fully saturated rings. The summed E-state index contributed by atoms with van der Waals surface area (Å²) in [6, 6.07) is 26.2. The molecule has 3 aromatic carbocycles. The van der Waals surface area contributed by atoms with E-state index in [0.717, 1.165) is 22.3 Å². The summed E-state index contributed by atoms with van der Waals surface area (Å²) in [7, 11) is -0.569. The first kappa shape index (κ1) is 13.8. The van der Waals surface area contributed by atoms with Gasteiger partial charge in [0.25, 0.3) is 0 Å². The molecule has 0 radical (unpaired) electrons. The highest BCUT2D eigenvalue weighted by Gasteiger charge is 2.13. The fourth-order valence-electron chi connectivity index (χ4n) is 2.43. The van der Waals surface area contributed by atoms with E-state index in [0.29, 0.717) is 5.75 Å². The quantitative estimate of drug-likeness (QED) is 0.693. The van der Waals surface area contributed by atoms with Gasteiger partial charge in [-0.3, -0.25) is 0 Å². The Morgan fingerprint density at radius 3 is 1.90 bits per heavy atom. The van der Waals surface area contributed by atoms with Gasteiger partial charge in [-0.1, -0.05) is 72.8 Å². The van der Waals surface area contributed by atoms with Crippen molar-refractivity contribution in [2.24, 2.45) is 0 Å². The highest BCUT2D eigenvalue weighted by Crippen LogP contribution is 2.40. The van der Waals surface area contributed by atoms with E-state index in [1.807, 2.05) is 48.5 Å². The first-order valence-electron chi connectivity index (χ1n) is 6.70. The molecule has 21 heavy (non-hydrogen) atoms. The van der Waals surface area contributed by atoms with Crippen LogP contribution < -0.4 is 4.52 Å². The highest BCUT2D eigenvalue weighted by molar-refractivity contribution is 7.25. The molecule has 0 saturated carbocycles. The van der Waals surface area contributed by atoms with E-state index in [4.69, 9.17) is 9.42 Å². The fourth-order valence-corrected chi connectivity index (χ4v) is 2.69. The number of hydrogen-bond acceptors (Lipinski definition) is 2. The number of hydrogen-bond donors (Lipinski definition) is 1. The van der Waals surface area contributed by atoms with Crippen molar-refractivity contribution in [3.63, 3.8) is 0 Å². The molecular formula is C18H15O2P. The monoisotopic (exact) mass is 294 g/mol. The van der Waals surface area contributed by atoms with Crippen molar-refractivity contribution in [2.45, 2.75) is 0 Å². The van der Waals surface area contributed by atoms with Crippen molar-refractivity contribution in [3.8, 4) is 28.0 Å². The van der Waals surface area contributed by atoms with Crippen molar-refractivity contribution in [3.05, 3.63) is 78.9 Å². The molecule has 1 N–H and O–H groups in total. The Bertz CT molecular complexity index is 712. The van der Waals surface area contributed by atoms with E-state index in [2.05, 4.69) is 30.3 Å². The maximum absolute atomic E-state index is 9.16. The van der Waals surface area contributed by atoms with Gasteiger partial charge in [-0.15, -0.1) is 0 Å². The van der Waals surface area contributed by atoms with Crippen LogP contribution in [0.5, 0.6) is 5.75 Å². The van der Waals surface area contributed by atoms with Gasteiger partial charge in [0, 0.05) is 5.56 Å². The number of rotatable bonds is 4. The first-order chi connectivity index (χ1) is 10.4. The molecule has 0 spiro atoms. The molecule has 3 rings (SSSR count). The van der Waals surface area contributed by atoms with E-state index >= 15 is 0 Å². The normalized spacial score (nSPS) is 10.9. The van der Waals surface area contributed by atoms with Crippen molar-refractivity contribution in [1.29, 1.82) is 0 Å². The van der Waals surface area contributed by atoms with Gasteiger partial charge in [0.2, 0.25) is 9.03 Å². The SMILES string of the molecule is OPOc1cccc(-c2ccccc2)c1-c1ccccc1. The van der Waals surface area contributed by atoms with Gasteiger partial charge in [0.15, 0.2) is 0 Å². The van der Waals surface area contributed by atoms with E-state index in [1.165, 1.54) is 0 Å². The third-order valence-corrected chi connectivity index (χ3v) is 3.64. The molecule has 1 atom stereocenters. The Hall–Kier alpha value is -2.15. The molecule has 0 aromatic heterocycles. The average Bonchev–Trinajstić information content (AvgIpc) is 2.56. The topological polar surface area (TPSA) is 29.5 Å². The van der Waals surface area contributed by atoms with Crippen LogP contribution in [0.15, 0.2) is 78.9 Å². The van der Waals surface area contributed by atoms with Gasteiger partial charge >= 0.3 is 0 Å². The van der Waals surface area contributed by atoms with Crippen molar-refractivity contribution in [1.82, 2.24) is 0 Å². The summed E-state index contributed by atoms with van der Waals surface area (Å²) in [6.07, 6.45) is 0. The van der Waals surface area contributed by atoms with Gasteiger partial charge < -0.3 is 9.42 Å². The predicted molar refractivity (Wildman–Crippen MR) is 88.5 cm³/mol. The third kappa shape index (κ3) is 2.97. The fraction of sp³-hybridized carbons (Fsp3) is 0. The first-order valence-corrected chi connectivity index (χ1v) is 7.55. The number of benzene rings is 3. The molecule has 2 nitrogen and oxygen atoms in total. The van der Waals surface area contributed by atoms with Crippen LogP contribution in [0, 0.1) is 0 Å². The summed E-state index contributed by atoms with van der Waals surface area (Å²) in [5, 5.41) is 0. The molecule has 0 aliphatic rings. The van der Waals surface area contributed by atoms with Crippen molar-refractivity contribution >= 4 is 9.03 Å². The molecule has 0 bridgehead atoms. The second-order valence-electron chi connectivity index (χ2n) is 4.60. The van der Waals surface area contributed by atoms with Crippen molar-refractivity contribution < 1.29 is 9.42 Å². The minimum absolute atomic E-state index is 0.569. The third-order valence-electron chi connectivity index (χ3n) is 3.33. The van der Waals surface area contributed by atoms with Crippen LogP contribution in [0.3, 0.4) is 0 Å². The zero-order valence-corrected chi connectivity index (χ0v) is 12.4. The van der Waals surface area contributed by atoms with Crippen LogP contribution >= 0.6 is 9.03 Å². The molecule has 3 aromatic rings. The summed E-state index contributed by atoms with van der Waals surface area (Å²) >= 11 is 0. The molecule has 0 aliphatic carbocycles. The summed E-state index contributed by atoms with van der Waals surface area (Å²) in [5.41, 5.74) is 4.30. The van der Waals surface area contributed by atoms with Crippen molar-refractivity contribution in [2.75, 3.05) is 0 Å². The van der Waals surface area contributed by atoms with Gasteiger partial charge in [0.05, 0.1) is 0 Å². The molecule has 0 amide bonds. The Labute approximate surface area is 126 Å². The van der Waals surface area contributed by atoms with E-state index in [9.17, 15) is 0 Å². The Balaban J connectivity index is 2.23. The van der Waals surface area contributed by atoms with Crippen LogP contribution in [0.1, 0.15) is 0 Å². The lowest BCUT2D eigenvalue weighted by atomic mass is 9.94. The van der Waals surface area contributed by atoms with Gasteiger partial charge in [-0.2, -0.15) is 0 Å². The standard InChI is InChI=1S/C18H15O2P/c19-21-20-17-13-7-12-16(14-8-3-1-4-9-14)18(17)15-10-5-2-6-11-15/h1-13,19,21H. The smallest absolute Gasteiger partial charge is 0.212 e. The second-order valence-corrected chi connectivity index (χ2v) is 4.99. The summed E-state index contributed by atoms with van der Waals surface area (Å²) < 4.78 is 5.44. The molecule has 3 heteroatoms. The molecule has 104 valence electrons. The summed E-state index contributed by atoms with van der Waals surface area (Å²) in [5.74, 6) is 0.698. The Kier molecular flexibility index (Phi) is 4.30. The highest BCUT2D eigenvalue weighted by atomic mass is 31.1. The lowest BCUT2D eigenvalue weighted by Crippen LogP contribution is -1.89. The molecule has 0 saturated heterocycles.